The van der Waals surface area contributed by atoms with Crippen molar-refractivity contribution in [2.24, 2.45) is 4.99 Å². The minimum absolute atomic E-state index is 0.0444. The second kappa shape index (κ2) is 6.03. The van der Waals surface area contributed by atoms with Gasteiger partial charge in [0.2, 0.25) is 0 Å². The van der Waals surface area contributed by atoms with Crippen molar-refractivity contribution >= 4 is 6.21 Å². The van der Waals surface area contributed by atoms with Gasteiger partial charge in [0.05, 0.1) is 27.4 Å². The van der Waals surface area contributed by atoms with Crippen molar-refractivity contribution in [2.75, 3.05) is 27.4 Å². The molecule has 4 heteroatoms. The molecule has 0 aliphatic rings. The van der Waals surface area contributed by atoms with Crippen LogP contribution in [-0.2, 0) is 0 Å². The summed E-state index contributed by atoms with van der Waals surface area (Å²) in [7, 11) is 3.21. The molecule has 0 heterocycles. The van der Waals surface area contributed by atoms with E-state index in [0.717, 1.165) is 17.1 Å². The van der Waals surface area contributed by atoms with Gasteiger partial charge >= 0.3 is 0 Å². The summed E-state index contributed by atoms with van der Waals surface area (Å²) >= 11 is 0. The van der Waals surface area contributed by atoms with E-state index >= 15 is 0 Å². The fourth-order valence-electron chi connectivity index (χ4n) is 1.16. The normalized spacial score (nSPS) is 10.6. The first-order chi connectivity index (χ1) is 7.31. The van der Waals surface area contributed by atoms with Crippen molar-refractivity contribution in [2.45, 2.75) is 0 Å². The Morgan fingerprint density at radius 3 is 2.73 bits per heavy atom. The molecule has 1 rings (SSSR count). The van der Waals surface area contributed by atoms with Crippen LogP contribution < -0.4 is 9.47 Å². The molecule has 0 aliphatic carbocycles. The Kier molecular flexibility index (Phi) is 4.63. The van der Waals surface area contributed by atoms with Crippen molar-refractivity contribution < 1.29 is 14.6 Å². The number of rotatable bonds is 5. The van der Waals surface area contributed by atoms with Gasteiger partial charge in [0, 0.05) is 11.8 Å². The monoisotopic (exact) mass is 209 g/mol. The molecule has 1 aromatic rings. The van der Waals surface area contributed by atoms with E-state index in [-0.39, 0.29) is 6.61 Å². The molecule has 15 heavy (non-hydrogen) atoms. The van der Waals surface area contributed by atoms with E-state index in [1.165, 1.54) is 0 Å². The van der Waals surface area contributed by atoms with Gasteiger partial charge in [0.1, 0.15) is 11.5 Å². The molecule has 0 radical (unpaired) electrons. The van der Waals surface area contributed by atoms with Crippen LogP contribution in [0.2, 0.25) is 0 Å². The Morgan fingerprint density at radius 1 is 1.33 bits per heavy atom. The molecule has 0 fully saturated rings. The van der Waals surface area contributed by atoms with Crippen LogP contribution in [0, 0.1) is 0 Å². The van der Waals surface area contributed by atoms with Crippen molar-refractivity contribution in [3.8, 4) is 11.5 Å². The maximum atomic E-state index is 8.60. The number of benzene rings is 1. The van der Waals surface area contributed by atoms with Crippen molar-refractivity contribution in [1.29, 1.82) is 0 Å². The standard InChI is InChI=1S/C11H15NO3/c1-14-10-3-4-11(15-2)9(7-10)8-12-5-6-13/h3-4,7-8,13H,5-6H2,1-2H3/b12-8+. The predicted octanol–water partition coefficient (Wildman–Crippen LogP) is 1.11. The summed E-state index contributed by atoms with van der Waals surface area (Å²) in [6, 6.07) is 5.47. The molecule has 0 amide bonds. The second-order valence-corrected chi connectivity index (χ2v) is 2.87. The van der Waals surface area contributed by atoms with Gasteiger partial charge in [-0.1, -0.05) is 0 Å². The third-order valence-electron chi connectivity index (χ3n) is 1.90. The minimum Gasteiger partial charge on any atom is -0.497 e. The number of nitrogens with zero attached hydrogens (tertiary/aromatic N) is 1. The van der Waals surface area contributed by atoms with Gasteiger partial charge in [-0.05, 0) is 18.2 Å². The number of aliphatic imine (C=N–C) groups is 1. The van der Waals surface area contributed by atoms with Crippen LogP contribution in [0.25, 0.3) is 0 Å². The average Bonchev–Trinajstić information content (AvgIpc) is 2.29. The van der Waals surface area contributed by atoms with Crippen molar-refractivity contribution in [1.82, 2.24) is 0 Å². The number of methoxy groups -OCH3 is 2. The Morgan fingerprint density at radius 2 is 2.13 bits per heavy atom. The van der Waals surface area contributed by atoms with E-state index in [0.29, 0.717) is 6.54 Å². The molecule has 1 aromatic carbocycles. The smallest absolute Gasteiger partial charge is 0.127 e. The molecular formula is C11H15NO3. The molecular weight excluding hydrogens is 194 g/mol. The zero-order valence-corrected chi connectivity index (χ0v) is 8.93. The Hall–Kier alpha value is -1.55. The number of ether oxygens (including phenoxy) is 2. The number of hydrogen-bond donors (Lipinski definition) is 1. The number of aliphatic hydroxyl groups is 1. The van der Waals surface area contributed by atoms with Gasteiger partial charge in [0.25, 0.3) is 0 Å². The van der Waals surface area contributed by atoms with Crippen LogP contribution in [0.15, 0.2) is 23.2 Å². The molecule has 82 valence electrons. The van der Waals surface area contributed by atoms with Crippen molar-refractivity contribution in [3.05, 3.63) is 23.8 Å². The van der Waals surface area contributed by atoms with Crippen molar-refractivity contribution in [3.63, 3.8) is 0 Å². The first kappa shape index (κ1) is 11.5. The van der Waals surface area contributed by atoms with E-state index in [1.807, 2.05) is 18.2 Å². The fourth-order valence-corrected chi connectivity index (χ4v) is 1.16. The summed E-state index contributed by atoms with van der Waals surface area (Å²) in [4.78, 5) is 4.03. The van der Waals surface area contributed by atoms with Crippen LogP contribution in [0.4, 0.5) is 0 Å². The van der Waals surface area contributed by atoms with E-state index in [2.05, 4.69) is 4.99 Å². The zero-order valence-electron chi connectivity index (χ0n) is 8.93. The summed E-state index contributed by atoms with van der Waals surface area (Å²) in [6.45, 7) is 0.434. The molecule has 0 aromatic heterocycles. The van der Waals surface area contributed by atoms with Gasteiger partial charge in [0.15, 0.2) is 0 Å². The van der Waals surface area contributed by atoms with Gasteiger partial charge < -0.3 is 14.6 Å². The largest absolute Gasteiger partial charge is 0.497 e. The number of aliphatic hydroxyl groups excluding tert-OH is 1. The summed E-state index contributed by atoms with van der Waals surface area (Å²) in [5, 5.41) is 8.60. The average molecular weight is 209 g/mol. The number of hydrogen-bond acceptors (Lipinski definition) is 4. The van der Waals surface area contributed by atoms with Gasteiger partial charge in [-0.3, -0.25) is 4.99 Å². The maximum Gasteiger partial charge on any atom is 0.127 e. The van der Waals surface area contributed by atoms with Crippen LogP contribution in [0.1, 0.15) is 5.56 Å². The lowest BCUT2D eigenvalue weighted by Crippen LogP contribution is -1.94. The Balaban J connectivity index is 2.90. The van der Waals surface area contributed by atoms with Crippen LogP contribution in [0.3, 0.4) is 0 Å². The third kappa shape index (κ3) is 3.25. The van der Waals surface area contributed by atoms with E-state index < -0.39 is 0 Å². The molecule has 0 atom stereocenters. The lowest BCUT2D eigenvalue weighted by molar-refractivity contribution is 0.307. The van der Waals surface area contributed by atoms with Crippen LogP contribution >= 0.6 is 0 Å². The highest BCUT2D eigenvalue weighted by atomic mass is 16.5. The van der Waals surface area contributed by atoms with E-state index in [1.54, 1.807) is 20.4 Å². The molecule has 0 saturated carbocycles. The first-order valence-corrected chi connectivity index (χ1v) is 4.64. The summed E-state index contributed by atoms with van der Waals surface area (Å²) < 4.78 is 10.3. The quantitative estimate of drug-likeness (QED) is 0.739. The predicted molar refractivity (Wildman–Crippen MR) is 59.1 cm³/mol. The molecule has 0 spiro atoms. The Bertz CT molecular complexity index is 337. The molecule has 0 unspecified atom stereocenters. The van der Waals surface area contributed by atoms with E-state index in [4.69, 9.17) is 14.6 Å². The topological polar surface area (TPSA) is 51.0 Å². The minimum atomic E-state index is 0.0444. The molecule has 0 bridgehead atoms. The third-order valence-corrected chi connectivity index (χ3v) is 1.90. The lowest BCUT2D eigenvalue weighted by atomic mass is 10.2. The first-order valence-electron chi connectivity index (χ1n) is 4.64. The summed E-state index contributed by atoms with van der Waals surface area (Å²) in [5.41, 5.74) is 0.838. The molecule has 1 N–H and O–H groups in total. The second-order valence-electron chi connectivity index (χ2n) is 2.87. The van der Waals surface area contributed by atoms with Crippen LogP contribution in [-0.4, -0.2) is 38.7 Å². The maximum absolute atomic E-state index is 8.60. The van der Waals surface area contributed by atoms with Gasteiger partial charge in [-0.2, -0.15) is 0 Å². The van der Waals surface area contributed by atoms with Crippen LogP contribution in [0.5, 0.6) is 11.5 Å². The highest BCUT2D eigenvalue weighted by Gasteiger charge is 2.01. The van der Waals surface area contributed by atoms with E-state index in [9.17, 15) is 0 Å². The molecule has 0 saturated heterocycles. The zero-order chi connectivity index (χ0) is 11.1. The summed E-state index contributed by atoms with van der Waals surface area (Å²) in [5.74, 6) is 1.48. The Labute approximate surface area is 89.2 Å². The highest BCUT2D eigenvalue weighted by molar-refractivity contribution is 5.84. The fraction of sp³-hybridized carbons (Fsp3) is 0.364. The SMILES string of the molecule is COc1ccc(OC)c(/C=N/CCO)c1. The van der Waals surface area contributed by atoms with Gasteiger partial charge in [-0.25, -0.2) is 0 Å². The molecule has 0 aliphatic heterocycles. The lowest BCUT2D eigenvalue weighted by Gasteiger charge is -2.06. The molecule has 4 nitrogen and oxygen atoms in total. The summed E-state index contributed by atoms with van der Waals surface area (Å²) in [6.07, 6.45) is 1.66. The highest BCUT2D eigenvalue weighted by Crippen LogP contribution is 2.22. The van der Waals surface area contributed by atoms with Gasteiger partial charge in [-0.15, -0.1) is 0 Å².